The highest BCUT2D eigenvalue weighted by Gasteiger charge is 2.24. The molecule has 3 heterocycles. The summed E-state index contributed by atoms with van der Waals surface area (Å²) < 4.78 is 5.66. The Bertz CT molecular complexity index is 753. The predicted molar refractivity (Wildman–Crippen MR) is 79.0 cm³/mol. The minimum absolute atomic E-state index is 0.0157. The molecule has 1 aromatic carbocycles. The molecule has 4 rings (SSSR count). The Balaban J connectivity index is 1.64. The second-order valence-electron chi connectivity index (χ2n) is 4.99. The number of fused-ring (bicyclic) bond motifs is 2. The van der Waals surface area contributed by atoms with Gasteiger partial charge >= 0.3 is 0 Å². The lowest BCUT2D eigenvalue weighted by molar-refractivity contribution is 0.0706. The van der Waals surface area contributed by atoms with Gasteiger partial charge in [-0.15, -0.1) is 11.3 Å². The number of nitrogens with zero attached hydrogens (tertiary/aromatic N) is 1. The van der Waals surface area contributed by atoms with E-state index in [0.29, 0.717) is 12.3 Å². The van der Waals surface area contributed by atoms with E-state index >= 15 is 0 Å². The van der Waals surface area contributed by atoms with Crippen LogP contribution in [0.3, 0.4) is 0 Å². The molecule has 1 amide bonds. The molecular formula is C16H13NO2S. The van der Waals surface area contributed by atoms with E-state index in [2.05, 4.69) is 11.4 Å². The minimum atomic E-state index is -0.0157. The summed E-state index contributed by atoms with van der Waals surface area (Å²) in [5.74, 6) is 0.419. The highest BCUT2D eigenvalue weighted by atomic mass is 32.1. The van der Waals surface area contributed by atoms with Gasteiger partial charge in [-0.1, -0.05) is 18.2 Å². The van der Waals surface area contributed by atoms with E-state index in [1.165, 1.54) is 10.4 Å². The minimum Gasteiger partial charge on any atom is -0.451 e. The van der Waals surface area contributed by atoms with Gasteiger partial charge in [-0.25, -0.2) is 0 Å². The molecule has 0 bridgehead atoms. The van der Waals surface area contributed by atoms with Crippen molar-refractivity contribution in [3.05, 3.63) is 58.0 Å². The number of thiophene rings is 1. The number of carbonyl (C=O) groups is 1. The number of furan rings is 1. The Morgan fingerprint density at radius 3 is 3.05 bits per heavy atom. The molecule has 3 aromatic rings. The first-order valence-electron chi connectivity index (χ1n) is 6.64. The highest BCUT2D eigenvalue weighted by Crippen LogP contribution is 2.26. The Morgan fingerprint density at radius 1 is 1.25 bits per heavy atom. The van der Waals surface area contributed by atoms with Crippen LogP contribution in [0, 0.1) is 0 Å². The third kappa shape index (κ3) is 1.84. The van der Waals surface area contributed by atoms with Crippen molar-refractivity contribution in [2.75, 3.05) is 6.54 Å². The van der Waals surface area contributed by atoms with E-state index in [1.54, 1.807) is 11.3 Å². The maximum Gasteiger partial charge on any atom is 0.289 e. The zero-order valence-electron chi connectivity index (χ0n) is 10.8. The standard InChI is InChI=1S/C16H13NO2S/c18-16(14-9-11-3-1-2-4-13(11)19-14)17-7-5-15-12(10-17)6-8-20-15/h1-4,6,8-9H,5,7,10H2. The number of hydrogen-bond acceptors (Lipinski definition) is 3. The summed E-state index contributed by atoms with van der Waals surface area (Å²) in [7, 11) is 0. The molecule has 0 atom stereocenters. The second-order valence-corrected chi connectivity index (χ2v) is 5.99. The molecule has 0 N–H and O–H groups in total. The average Bonchev–Trinajstić information content (AvgIpc) is 3.11. The lowest BCUT2D eigenvalue weighted by atomic mass is 10.1. The number of hydrogen-bond donors (Lipinski definition) is 0. The molecule has 2 aromatic heterocycles. The van der Waals surface area contributed by atoms with E-state index in [9.17, 15) is 4.79 Å². The van der Waals surface area contributed by atoms with Gasteiger partial charge in [0.15, 0.2) is 5.76 Å². The molecule has 4 heteroatoms. The Labute approximate surface area is 120 Å². The van der Waals surface area contributed by atoms with Crippen molar-refractivity contribution in [3.8, 4) is 0 Å². The van der Waals surface area contributed by atoms with Gasteiger partial charge in [0, 0.05) is 23.4 Å². The molecular weight excluding hydrogens is 270 g/mol. The first-order valence-corrected chi connectivity index (χ1v) is 7.52. The molecule has 0 saturated carbocycles. The van der Waals surface area contributed by atoms with E-state index in [1.807, 2.05) is 35.2 Å². The Kier molecular flexibility index (Phi) is 2.63. The van der Waals surface area contributed by atoms with Gasteiger partial charge < -0.3 is 9.32 Å². The topological polar surface area (TPSA) is 33.5 Å². The van der Waals surface area contributed by atoms with E-state index in [-0.39, 0.29) is 5.91 Å². The molecule has 100 valence electrons. The summed E-state index contributed by atoms with van der Waals surface area (Å²) >= 11 is 1.78. The molecule has 0 unspecified atom stereocenters. The fourth-order valence-electron chi connectivity index (χ4n) is 2.66. The van der Waals surface area contributed by atoms with Crippen LogP contribution in [0.2, 0.25) is 0 Å². The van der Waals surface area contributed by atoms with Crippen LogP contribution in [0.15, 0.2) is 46.2 Å². The average molecular weight is 283 g/mol. The summed E-state index contributed by atoms with van der Waals surface area (Å²) in [5, 5.41) is 3.07. The van der Waals surface area contributed by atoms with Crippen LogP contribution >= 0.6 is 11.3 Å². The number of rotatable bonds is 1. The fourth-order valence-corrected chi connectivity index (χ4v) is 3.55. The summed E-state index contributed by atoms with van der Waals surface area (Å²) in [6.07, 6.45) is 0.943. The molecule has 20 heavy (non-hydrogen) atoms. The van der Waals surface area contributed by atoms with Crippen LogP contribution < -0.4 is 0 Å². The van der Waals surface area contributed by atoms with Crippen LogP contribution in [0.1, 0.15) is 21.0 Å². The van der Waals surface area contributed by atoms with Crippen molar-refractivity contribution in [1.29, 1.82) is 0 Å². The summed E-state index contributed by atoms with van der Waals surface area (Å²) in [6, 6.07) is 11.7. The van der Waals surface area contributed by atoms with Crippen molar-refractivity contribution in [2.24, 2.45) is 0 Å². The van der Waals surface area contributed by atoms with Gasteiger partial charge in [0.1, 0.15) is 5.58 Å². The second kappa shape index (κ2) is 4.49. The normalized spacial score (nSPS) is 14.5. The van der Waals surface area contributed by atoms with E-state index in [0.717, 1.165) is 23.9 Å². The Hall–Kier alpha value is -2.07. The van der Waals surface area contributed by atoms with Gasteiger partial charge in [0.05, 0.1) is 0 Å². The third-order valence-corrected chi connectivity index (χ3v) is 4.75. The van der Waals surface area contributed by atoms with Crippen molar-refractivity contribution in [2.45, 2.75) is 13.0 Å². The molecule has 3 nitrogen and oxygen atoms in total. The van der Waals surface area contributed by atoms with Crippen LogP contribution in [0.5, 0.6) is 0 Å². The number of para-hydroxylation sites is 1. The van der Waals surface area contributed by atoms with Crippen LogP contribution in [0.25, 0.3) is 11.0 Å². The molecule has 0 saturated heterocycles. The maximum atomic E-state index is 12.5. The zero-order valence-corrected chi connectivity index (χ0v) is 11.7. The smallest absolute Gasteiger partial charge is 0.289 e. The predicted octanol–water partition coefficient (Wildman–Crippen LogP) is 3.69. The first-order chi connectivity index (χ1) is 9.81. The summed E-state index contributed by atoms with van der Waals surface area (Å²) in [4.78, 5) is 15.8. The fraction of sp³-hybridized carbons (Fsp3) is 0.188. The quantitative estimate of drug-likeness (QED) is 0.682. The molecule has 0 fully saturated rings. The number of amides is 1. The van der Waals surface area contributed by atoms with Crippen molar-refractivity contribution < 1.29 is 9.21 Å². The van der Waals surface area contributed by atoms with Gasteiger partial charge in [-0.3, -0.25) is 4.79 Å². The first kappa shape index (κ1) is 11.7. The van der Waals surface area contributed by atoms with Gasteiger partial charge in [-0.05, 0) is 35.6 Å². The largest absolute Gasteiger partial charge is 0.451 e. The summed E-state index contributed by atoms with van der Waals surface area (Å²) in [6.45, 7) is 1.46. The number of benzene rings is 1. The molecule has 0 radical (unpaired) electrons. The number of carbonyl (C=O) groups excluding carboxylic acids is 1. The van der Waals surface area contributed by atoms with Crippen LogP contribution in [-0.2, 0) is 13.0 Å². The van der Waals surface area contributed by atoms with E-state index in [4.69, 9.17) is 4.42 Å². The van der Waals surface area contributed by atoms with E-state index < -0.39 is 0 Å². The third-order valence-electron chi connectivity index (χ3n) is 3.73. The lowest BCUT2D eigenvalue weighted by Gasteiger charge is -2.26. The molecule has 1 aliphatic heterocycles. The maximum absolute atomic E-state index is 12.5. The van der Waals surface area contributed by atoms with Gasteiger partial charge in [-0.2, -0.15) is 0 Å². The monoisotopic (exact) mass is 283 g/mol. The lowest BCUT2D eigenvalue weighted by Crippen LogP contribution is -2.35. The zero-order chi connectivity index (χ0) is 13.5. The summed E-state index contributed by atoms with van der Waals surface area (Å²) in [5.41, 5.74) is 2.04. The molecule has 1 aliphatic rings. The van der Waals surface area contributed by atoms with Crippen molar-refractivity contribution in [1.82, 2.24) is 4.90 Å². The van der Waals surface area contributed by atoms with Crippen molar-refractivity contribution in [3.63, 3.8) is 0 Å². The van der Waals surface area contributed by atoms with Gasteiger partial charge in [0.25, 0.3) is 5.91 Å². The van der Waals surface area contributed by atoms with Crippen molar-refractivity contribution >= 4 is 28.2 Å². The molecule has 0 aliphatic carbocycles. The Morgan fingerprint density at radius 2 is 2.15 bits per heavy atom. The highest BCUT2D eigenvalue weighted by molar-refractivity contribution is 7.10. The molecule has 0 spiro atoms. The van der Waals surface area contributed by atoms with Crippen LogP contribution in [-0.4, -0.2) is 17.4 Å². The van der Waals surface area contributed by atoms with Gasteiger partial charge in [0.2, 0.25) is 0 Å². The van der Waals surface area contributed by atoms with Crippen LogP contribution in [0.4, 0.5) is 0 Å². The SMILES string of the molecule is O=C(c1cc2ccccc2o1)N1CCc2sccc2C1.